The lowest BCUT2D eigenvalue weighted by atomic mass is 10.1. The van der Waals surface area contributed by atoms with Crippen molar-refractivity contribution in [2.75, 3.05) is 22.5 Å². The first kappa shape index (κ1) is 22.1. The van der Waals surface area contributed by atoms with Crippen molar-refractivity contribution in [2.45, 2.75) is 24.5 Å². The summed E-state index contributed by atoms with van der Waals surface area (Å²) in [7, 11) is -3.40. The number of carbonyl (C=O) groups is 2. The van der Waals surface area contributed by atoms with Gasteiger partial charge in [-0.3, -0.25) is 9.59 Å². The highest BCUT2D eigenvalue weighted by Gasteiger charge is 2.33. The van der Waals surface area contributed by atoms with E-state index in [1.54, 1.807) is 29.2 Å². The molecular formula is C22H22N4O4S2. The van der Waals surface area contributed by atoms with E-state index in [9.17, 15) is 18.0 Å². The average Bonchev–Trinajstić information content (AvgIpc) is 3.40. The van der Waals surface area contributed by atoms with E-state index in [1.807, 2.05) is 36.4 Å². The molecule has 1 fully saturated rings. The van der Waals surface area contributed by atoms with E-state index in [-0.39, 0.29) is 29.8 Å². The number of nitrogens with one attached hydrogen (secondary N) is 1. The zero-order valence-electron chi connectivity index (χ0n) is 17.2. The molecule has 1 aromatic heterocycles. The molecule has 1 N–H and O–H groups in total. The summed E-state index contributed by atoms with van der Waals surface area (Å²) in [5, 5.41) is 11.7. The van der Waals surface area contributed by atoms with Crippen LogP contribution in [0.1, 0.15) is 29.3 Å². The van der Waals surface area contributed by atoms with Crippen molar-refractivity contribution in [1.82, 2.24) is 10.2 Å². The predicted molar refractivity (Wildman–Crippen MR) is 123 cm³/mol. The van der Waals surface area contributed by atoms with Crippen LogP contribution in [-0.4, -0.2) is 42.7 Å². The molecule has 4 rings (SSSR count). The van der Waals surface area contributed by atoms with Gasteiger partial charge < -0.3 is 10.2 Å². The number of carbonyl (C=O) groups excluding carboxylic acids is 2. The minimum Gasteiger partial charge on any atom is -0.312 e. The van der Waals surface area contributed by atoms with Crippen LogP contribution in [0.3, 0.4) is 0 Å². The summed E-state index contributed by atoms with van der Waals surface area (Å²) in [6.07, 6.45) is 0.170. The molecular weight excluding hydrogens is 448 g/mol. The normalized spacial score (nSPS) is 16.3. The minimum absolute atomic E-state index is 0.0191. The van der Waals surface area contributed by atoms with E-state index < -0.39 is 15.7 Å². The summed E-state index contributed by atoms with van der Waals surface area (Å²) in [6, 6.07) is 18.3. The van der Waals surface area contributed by atoms with Crippen LogP contribution in [0.25, 0.3) is 0 Å². The van der Waals surface area contributed by atoms with Crippen molar-refractivity contribution in [3.8, 4) is 0 Å². The van der Waals surface area contributed by atoms with E-state index >= 15 is 0 Å². The van der Waals surface area contributed by atoms with Gasteiger partial charge in [-0.25, -0.2) is 8.42 Å². The number of anilines is 2. The number of aromatic nitrogens is 2. The van der Waals surface area contributed by atoms with Crippen molar-refractivity contribution in [3.63, 3.8) is 0 Å². The SMILES string of the molecule is O=C(CCS(=O)(=O)Cc1ccccc1)Nc1nnc(C2CC(=O)N(c3ccccc3)C2)s1. The zero-order valence-corrected chi connectivity index (χ0v) is 18.8. The highest BCUT2D eigenvalue weighted by Crippen LogP contribution is 2.34. The second-order valence-corrected chi connectivity index (χ2v) is 10.8. The minimum atomic E-state index is -3.40. The Morgan fingerprint density at radius 1 is 1.06 bits per heavy atom. The van der Waals surface area contributed by atoms with E-state index in [1.165, 1.54) is 11.3 Å². The molecule has 166 valence electrons. The Hall–Kier alpha value is -3.11. The number of rotatable bonds is 8. The molecule has 10 heteroatoms. The molecule has 8 nitrogen and oxygen atoms in total. The molecule has 32 heavy (non-hydrogen) atoms. The largest absolute Gasteiger partial charge is 0.312 e. The second kappa shape index (κ2) is 9.58. The average molecular weight is 471 g/mol. The van der Waals surface area contributed by atoms with Crippen molar-refractivity contribution >= 4 is 43.8 Å². The Morgan fingerprint density at radius 3 is 2.47 bits per heavy atom. The lowest BCUT2D eigenvalue weighted by Gasteiger charge is -2.15. The molecule has 2 aromatic carbocycles. The molecule has 1 aliphatic rings. The molecule has 0 saturated carbocycles. The van der Waals surface area contributed by atoms with Gasteiger partial charge in [0.1, 0.15) is 5.01 Å². The van der Waals surface area contributed by atoms with Crippen LogP contribution in [0.15, 0.2) is 60.7 Å². The topological polar surface area (TPSA) is 109 Å². The van der Waals surface area contributed by atoms with Gasteiger partial charge in [-0.05, 0) is 17.7 Å². The first-order valence-electron chi connectivity index (χ1n) is 10.1. The maximum absolute atomic E-state index is 12.4. The van der Waals surface area contributed by atoms with E-state index in [0.717, 1.165) is 5.69 Å². The third-order valence-corrected chi connectivity index (χ3v) is 7.70. The van der Waals surface area contributed by atoms with Crippen molar-refractivity contribution in [2.24, 2.45) is 0 Å². The Balaban J connectivity index is 1.30. The monoisotopic (exact) mass is 470 g/mol. The van der Waals surface area contributed by atoms with Crippen molar-refractivity contribution in [1.29, 1.82) is 0 Å². The number of nitrogens with zero attached hydrogens (tertiary/aromatic N) is 3. The number of sulfone groups is 1. The van der Waals surface area contributed by atoms with Crippen LogP contribution >= 0.6 is 11.3 Å². The Kier molecular flexibility index (Phi) is 6.61. The molecule has 0 radical (unpaired) electrons. The van der Waals surface area contributed by atoms with Crippen LogP contribution in [0, 0.1) is 0 Å². The second-order valence-electron chi connectivity index (χ2n) is 7.56. The fourth-order valence-corrected chi connectivity index (χ4v) is 5.70. The third-order valence-electron chi connectivity index (χ3n) is 5.10. The zero-order chi connectivity index (χ0) is 22.6. The molecule has 0 bridgehead atoms. The standard InChI is InChI=1S/C22H22N4O4S2/c27-19(11-12-32(29,30)15-16-7-3-1-4-8-16)23-22-25-24-21(31-22)17-13-20(28)26(14-17)18-9-5-2-6-10-18/h1-10,17H,11-15H2,(H,23,25,27). The van der Waals surface area contributed by atoms with E-state index in [0.29, 0.717) is 28.7 Å². The lowest BCUT2D eigenvalue weighted by Crippen LogP contribution is -2.24. The highest BCUT2D eigenvalue weighted by atomic mass is 32.2. The van der Waals surface area contributed by atoms with Gasteiger partial charge in [0, 0.05) is 31.0 Å². The van der Waals surface area contributed by atoms with E-state index in [2.05, 4.69) is 15.5 Å². The first-order valence-corrected chi connectivity index (χ1v) is 12.8. The molecule has 3 aromatic rings. The van der Waals surface area contributed by atoms with Gasteiger partial charge >= 0.3 is 0 Å². The van der Waals surface area contributed by atoms with Crippen LogP contribution in [-0.2, 0) is 25.2 Å². The van der Waals surface area contributed by atoms with Gasteiger partial charge in [0.15, 0.2) is 9.84 Å². The van der Waals surface area contributed by atoms with E-state index in [4.69, 9.17) is 0 Å². The first-order chi connectivity index (χ1) is 15.4. The number of hydrogen-bond acceptors (Lipinski definition) is 7. The molecule has 0 aliphatic carbocycles. The quantitative estimate of drug-likeness (QED) is 0.542. The maximum atomic E-state index is 12.4. The highest BCUT2D eigenvalue weighted by molar-refractivity contribution is 7.90. The smallest absolute Gasteiger partial charge is 0.227 e. The summed E-state index contributed by atoms with van der Waals surface area (Å²) >= 11 is 1.21. The number of amides is 2. The van der Waals surface area contributed by atoms with Crippen molar-refractivity contribution in [3.05, 3.63) is 71.2 Å². The fourth-order valence-electron chi connectivity index (χ4n) is 3.51. The summed E-state index contributed by atoms with van der Waals surface area (Å²) in [5.41, 5.74) is 1.53. The van der Waals surface area contributed by atoms with Gasteiger partial charge in [0.05, 0.1) is 11.5 Å². The fraction of sp³-hybridized carbons (Fsp3) is 0.273. The number of hydrogen-bond donors (Lipinski definition) is 1. The molecule has 1 aliphatic heterocycles. The summed E-state index contributed by atoms with van der Waals surface area (Å²) in [5.74, 6) is -0.860. The van der Waals surface area contributed by atoms with Crippen molar-refractivity contribution < 1.29 is 18.0 Å². The molecule has 0 spiro atoms. The maximum Gasteiger partial charge on any atom is 0.227 e. The van der Waals surface area contributed by atoms with Gasteiger partial charge in [-0.15, -0.1) is 10.2 Å². The van der Waals surface area contributed by atoms with Gasteiger partial charge in [-0.2, -0.15) is 0 Å². The lowest BCUT2D eigenvalue weighted by molar-refractivity contribution is -0.117. The van der Waals surface area contributed by atoms with Gasteiger partial charge in [0.2, 0.25) is 16.9 Å². The molecule has 2 heterocycles. The third kappa shape index (κ3) is 5.57. The van der Waals surface area contributed by atoms with Gasteiger partial charge in [-0.1, -0.05) is 59.9 Å². The number of benzene rings is 2. The van der Waals surface area contributed by atoms with Crippen LogP contribution in [0.2, 0.25) is 0 Å². The Bertz CT molecular complexity index is 1200. The molecule has 1 atom stereocenters. The number of para-hydroxylation sites is 1. The van der Waals surface area contributed by atoms with Gasteiger partial charge in [0.25, 0.3) is 0 Å². The predicted octanol–water partition coefficient (Wildman–Crippen LogP) is 3.00. The molecule has 1 unspecified atom stereocenters. The Labute approximate surface area is 190 Å². The summed E-state index contributed by atoms with van der Waals surface area (Å²) in [4.78, 5) is 26.4. The Morgan fingerprint density at radius 2 is 1.75 bits per heavy atom. The van der Waals surface area contributed by atoms with Crippen LogP contribution < -0.4 is 10.2 Å². The van der Waals surface area contributed by atoms with Crippen LogP contribution in [0.5, 0.6) is 0 Å². The molecule has 1 saturated heterocycles. The molecule has 2 amide bonds. The summed E-state index contributed by atoms with van der Waals surface area (Å²) < 4.78 is 24.5. The van der Waals surface area contributed by atoms with Crippen LogP contribution in [0.4, 0.5) is 10.8 Å². The summed E-state index contributed by atoms with van der Waals surface area (Å²) in [6.45, 7) is 0.503.